The van der Waals surface area contributed by atoms with Crippen molar-refractivity contribution in [1.29, 1.82) is 0 Å². The van der Waals surface area contributed by atoms with E-state index < -0.39 is 0 Å². The first-order valence-corrected chi connectivity index (χ1v) is 7.96. The summed E-state index contributed by atoms with van der Waals surface area (Å²) in [5.41, 5.74) is 1.31. The molecule has 0 saturated carbocycles. The van der Waals surface area contributed by atoms with Crippen molar-refractivity contribution in [2.24, 2.45) is 0 Å². The molecule has 5 heteroatoms. The standard InChI is InChI=1S/C17H23N3OS/c1-20(2)15(16-9-6-12-21-16)13-19-17(22)18-11-10-14-7-4-3-5-8-14/h3-9,12,15H,10-11,13H2,1-2H3,(H2,18,19,22)/p+1/t15-/m0/s1. The molecule has 118 valence electrons. The third kappa shape index (κ3) is 5.16. The van der Waals surface area contributed by atoms with Gasteiger partial charge in [0.1, 0.15) is 0 Å². The number of quaternary nitrogens is 1. The van der Waals surface area contributed by atoms with Gasteiger partial charge >= 0.3 is 0 Å². The number of hydrogen-bond acceptors (Lipinski definition) is 2. The van der Waals surface area contributed by atoms with Crippen LogP contribution in [0, 0.1) is 0 Å². The minimum Gasteiger partial charge on any atom is -0.463 e. The van der Waals surface area contributed by atoms with E-state index in [-0.39, 0.29) is 6.04 Å². The van der Waals surface area contributed by atoms with E-state index in [1.807, 2.05) is 18.2 Å². The molecule has 3 N–H and O–H groups in total. The van der Waals surface area contributed by atoms with E-state index >= 15 is 0 Å². The van der Waals surface area contributed by atoms with E-state index in [9.17, 15) is 0 Å². The lowest BCUT2D eigenvalue weighted by atomic mass is 10.1. The van der Waals surface area contributed by atoms with Crippen LogP contribution in [0.3, 0.4) is 0 Å². The first kappa shape index (κ1) is 16.5. The molecule has 0 radical (unpaired) electrons. The molecule has 0 unspecified atom stereocenters. The largest absolute Gasteiger partial charge is 0.463 e. The predicted molar refractivity (Wildman–Crippen MR) is 93.0 cm³/mol. The van der Waals surface area contributed by atoms with Crippen LogP contribution in [0.15, 0.2) is 53.1 Å². The van der Waals surface area contributed by atoms with Gasteiger partial charge in [0, 0.05) is 6.54 Å². The lowest BCUT2D eigenvalue weighted by Gasteiger charge is -2.20. The van der Waals surface area contributed by atoms with Gasteiger partial charge in [-0.05, 0) is 36.3 Å². The smallest absolute Gasteiger partial charge is 0.166 e. The molecule has 22 heavy (non-hydrogen) atoms. The normalized spacial score (nSPS) is 12.1. The summed E-state index contributed by atoms with van der Waals surface area (Å²) in [4.78, 5) is 1.30. The fourth-order valence-electron chi connectivity index (χ4n) is 2.30. The van der Waals surface area contributed by atoms with Gasteiger partial charge in [-0.1, -0.05) is 30.3 Å². The van der Waals surface area contributed by atoms with Gasteiger partial charge in [-0.25, -0.2) is 0 Å². The Balaban J connectivity index is 1.72. The van der Waals surface area contributed by atoms with Crippen LogP contribution in [0.4, 0.5) is 0 Å². The van der Waals surface area contributed by atoms with Crippen LogP contribution < -0.4 is 15.5 Å². The third-order valence-electron chi connectivity index (χ3n) is 3.59. The Bertz CT molecular complexity index is 555. The lowest BCUT2D eigenvalue weighted by molar-refractivity contribution is -0.891. The van der Waals surface area contributed by atoms with E-state index in [0.29, 0.717) is 5.11 Å². The monoisotopic (exact) mass is 318 g/mol. The first-order valence-electron chi connectivity index (χ1n) is 7.56. The predicted octanol–water partition coefficient (Wildman–Crippen LogP) is 1.17. The van der Waals surface area contributed by atoms with Gasteiger partial charge in [0.2, 0.25) is 0 Å². The van der Waals surface area contributed by atoms with Crippen molar-refractivity contribution in [3.63, 3.8) is 0 Å². The van der Waals surface area contributed by atoms with Crippen molar-refractivity contribution in [3.8, 4) is 0 Å². The summed E-state index contributed by atoms with van der Waals surface area (Å²) >= 11 is 5.34. The number of likely N-dealkylation sites (N-methyl/N-ethyl adjacent to an activating group) is 1. The second-order valence-electron chi connectivity index (χ2n) is 5.52. The molecule has 0 bridgehead atoms. The quantitative estimate of drug-likeness (QED) is 0.671. The SMILES string of the molecule is C[NH+](C)[C@@H](CNC(=S)NCCc1ccccc1)c1ccco1. The van der Waals surface area contributed by atoms with Gasteiger partial charge in [-0.3, -0.25) is 0 Å². The summed E-state index contributed by atoms with van der Waals surface area (Å²) < 4.78 is 5.50. The summed E-state index contributed by atoms with van der Waals surface area (Å²) in [7, 11) is 4.22. The average molecular weight is 318 g/mol. The molecule has 1 aromatic carbocycles. The van der Waals surface area contributed by atoms with Crippen LogP contribution in [0.5, 0.6) is 0 Å². The third-order valence-corrected chi connectivity index (χ3v) is 3.88. The topological polar surface area (TPSA) is 41.6 Å². The highest BCUT2D eigenvalue weighted by Crippen LogP contribution is 2.08. The summed E-state index contributed by atoms with van der Waals surface area (Å²) in [5.74, 6) is 0.972. The fourth-order valence-corrected chi connectivity index (χ4v) is 2.49. The molecule has 1 aromatic heterocycles. The zero-order chi connectivity index (χ0) is 15.8. The molecule has 4 nitrogen and oxygen atoms in total. The molecule has 2 rings (SSSR count). The van der Waals surface area contributed by atoms with E-state index in [2.05, 4.69) is 49.0 Å². The number of furan rings is 1. The van der Waals surface area contributed by atoms with Crippen LogP contribution in [0.25, 0.3) is 0 Å². The summed E-state index contributed by atoms with van der Waals surface area (Å²) in [6.07, 6.45) is 2.67. The van der Waals surface area contributed by atoms with Gasteiger partial charge in [-0.15, -0.1) is 0 Å². The molecule has 0 spiro atoms. The Morgan fingerprint density at radius 3 is 2.55 bits per heavy atom. The second kappa shape index (κ2) is 8.56. The van der Waals surface area contributed by atoms with Gasteiger partial charge in [0.05, 0.1) is 26.9 Å². The number of thiocarbonyl (C=S) groups is 1. The molecule has 0 fully saturated rings. The molecule has 1 heterocycles. The zero-order valence-electron chi connectivity index (χ0n) is 13.1. The van der Waals surface area contributed by atoms with Gasteiger partial charge in [-0.2, -0.15) is 0 Å². The van der Waals surface area contributed by atoms with Crippen LogP contribution in [0.2, 0.25) is 0 Å². The highest BCUT2D eigenvalue weighted by molar-refractivity contribution is 7.80. The summed E-state index contributed by atoms with van der Waals surface area (Å²) in [6.45, 7) is 1.57. The van der Waals surface area contributed by atoms with Crippen LogP contribution >= 0.6 is 12.2 Å². The number of nitrogens with one attached hydrogen (secondary N) is 3. The average Bonchev–Trinajstić information content (AvgIpc) is 3.02. The van der Waals surface area contributed by atoms with Crippen molar-refractivity contribution in [2.45, 2.75) is 12.5 Å². The Morgan fingerprint density at radius 2 is 1.91 bits per heavy atom. The number of hydrogen-bond donors (Lipinski definition) is 3. The maximum absolute atomic E-state index is 5.50. The maximum atomic E-state index is 5.50. The van der Waals surface area contributed by atoms with Gasteiger partial charge in [0.15, 0.2) is 16.9 Å². The Morgan fingerprint density at radius 1 is 1.14 bits per heavy atom. The maximum Gasteiger partial charge on any atom is 0.166 e. The van der Waals surface area contributed by atoms with E-state index in [0.717, 1.165) is 25.3 Å². The Hall–Kier alpha value is -1.85. The minimum absolute atomic E-state index is 0.240. The van der Waals surface area contributed by atoms with Crippen molar-refractivity contribution in [2.75, 3.05) is 27.2 Å². The Labute approximate surface area is 137 Å². The second-order valence-corrected chi connectivity index (χ2v) is 5.93. The zero-order valence-corrected chi connectivity index (χ0v) is 14.0. The number of rotatable bonds is 7. The van der Waals surface area contributed by atoms with Crippen LogP contribution in [-0.4, -0.2) is 32.3 Å². The minimum atomic E-state index is 0.240. The summed E-state index contributed by atoms with van der Waals surface area (Å²) in [5, 5.41) is 7.22. The van der Waals surface area contributed by atoms with Gasteiger partial charge < -0.3 is 20.0 Å². The molecule has 0 amide bonds. The van der Waals surface area contributed by atoms with E-state index in [1.54, 1.807) is 6.26 Å². The number of benzene rings is 1. The molecule has 0 aliphatic carbocycles. The molecule has 0 saturated heterocycles. The van der Waals surface area contributed by atoms with E-state index in [1.165, 1.54) is 10.5 Å². The fraction of sp³-hybridized carbons (Fsp3) is 0.353. The summed E-state index contributed by atoms with van der Waals surface area (Å²) in [6, 6.07) is 14.6. The van der Waals surface area contributed by atoms with Crippen molar-refractivity contribution in [3.05, 3.63) is 60.1 Å². The van der Waals surface area contributed by atoms with Crippen LogP contribution in [-0.2, 0) is 6.42 Å². The first-order chi connectivity index (χ1) is 10.7. The van der Waals surface area contributed by atoms with Crippen molar-refractivity contribution >= 4 is 17.3 Å². The molecule has 0 aliphatic heterocycles. The highest BCUT2D eigenvalue weighted by Gasteiger charge is 2.20. The highest BCUT2D eigenvalue weighted by atomic mass is 32.1. The molecule has 0 aliphatic rings. The van der Waals surface area contributed by atoms with Crippen molar-refractivity contribution < 1.29 is 9.32 Å². The van der Waals surface area contributed by atoms with Gasteiger partial charge in [0.25, 0.3) is 0 Å². The molecular weight excluding hydrogens is 294 g/mol. The molecular formula is C17H24N3OS+. The molecule has 1 atom stereocenters. The van der Waals surface area contributed by atoms with E-state index in [4.69, 9.17) is 16.6 Å². The van der Waals surface area contributed by atoms with Crippen LogP contribution in [0.1, 0.15) is 17.4 Å². The lowest BCUT2D eigenvalue weighted by Crippen LogP contribution is -3.07. The Kier molecular flexibility index (Phi) is 6.43. The molecule has 2 aromatic rings. The van der Waals surface area contributed by atoms with Crippen molar-refractivity contribution in [1.82, 2.24) is 10.6 Å².